The number of hydrogen-bond donors (Lipinski definition) is 2. The minimum atomic E-state index is -3.95. The van der Waals surface area contributed by atoms with Crippen molar-refractivity contribution in [3.05, 3.63) is 65.1 Å². The summed E-state index contributed by atoms with van der Waals surface area (Å²) in [5.74, 6) is -3.00. The van der Waals surface area contributed by atoms with E-state index in [0.717, 1.165) is 6.07 Å². The zero-order valence-corrected chi connectivity index (χ0v) is 22.7. The van der Waals surface area contributed by atoms with Gasteiger partial charge in [0, 0.05) is 23.3 Å². The Morgan fingerprint density at radius 3 is 2.65 bits per heavy atom. The maximum Gasteiger partial charge on any atom is 0.301 e. The number of hydrogen-bond acceptors (Lipinski definition) is 7. The number of anilines is 1. The molecule has 0 radical (unpaired) electrons. The molecule has 0 saturated heterocycles. The number of nitrogens with one attached hydrogen (secondary N) is 1. The molecule has 0 fully saturated rings. The lowest BCUT2D eigenvalue weighted by molar-refractivity contribution is -0.107. The van der Waals surface area contributed by atoms with E-state index in [1.165, 1.54) is 24.1 Å². The first-order valence-electron chi connectivity index (χ1n) is 11.8. The summed E-state index contributed by atoms with van der Waals surface area (Å²) < 4.78 is 71.2. The Balaban J connectivity index is 1.67. The highest BCUT2D eigenvalue weighted by Gasteiger charge is 2.46. The number of aliphatic hydroxyl groups excluding tert-OH is 1. The number of benzene rings is 1. The molecule has 37 heavy (non-hydrogen) atoms. The van der Waals surface area contributed by atoms with Crippen LogP contribution in [-0.2, 0) is 15.1 Å². The molecular formula is C25H29F3N4O3P2. The van der Waals surface area contributed by atoms with Crippen LogP contribution in [0.25, 0.3) is 10.9 Å². The largest absolute Gasteiger partial charge is 0.386 e. The van der Waals surface area contributed by atoms with Crippen LogP contribution in [0.5, 0.6) is 0 Å². The molecule has 4 rings (SSSR count). The number of halogens is 3. The number of aliphatic hydroxyl groups is 1. The Bertz CT molecular complexity index is 1480. The molecule has 1 aliphatic rings. The van der Waals surface area contributed by atoms with Crippen LogP contribution in [0.2, 0.25) is 0 Å². The highest BCUT2D eigenvalue weighted by Crippen LogP contribution is 2.54. The molecule has 3 aromatic rings. The highest BCUT2D eigenvalue weighted by atomic mass is 31.2. The van der Waals surface area contributed by atoms with E-state index in [0.29, 0.717) is 34.4 Å². The quantitative estimate of drug-likeness (QED) is 0.349. The van der Waals surface area contributed by atoms with Crippen molar-refractivity contribution in [3.8, 4) is 0 Å². The third-order valence-electron chi connectivity index (χ3n) is 6.39. The van der Waals surface area contributed by atoms with Crippen LogP contribution in [0.4, 0.5) is 19.0 Å². The lowest BCUT2D eigenvalue weighted by Gasteiger charge is -2.26. The fourth-order valence-electron chi connectivity index (χ4n) is 4.34. The SMILES string of the molecule is Cc1nc(N[C@H](C)c2cccc(C(F)(F)[C@@H](O)CP3(=O)C=CCC3)c2F)c2cc(P(C)(C)=O)ncc2n1. The molecule has 0 aliphatic carbocycles. The molecule has 12 heteroatoms. The lowest BCUT2D eigenvalue weighted by atomic mass is 9.97. The Morgan fingerprint density at radius 2 is 2.00 bits per heavy atom. The summed E-state index contributed by atoms with van der Waals surface area (Å²) >= 11 is 0. The molecule has 1 unspecified atom stereocenters. The van der Waals surface area contributed by atoms with Gasteiger partial charge in [0.1, 0.15) is 43.3 Å². The number of pyridine rings is 1. The Kier molecular flexibility index (Phi) is 7.41. The van der Waals surface area contributed by atoms with Crippen molar-refractivity contribution < 1.29 is 27.4 Å². The molecule has 2 aromatic heterocycles. The maximum absolute atomic E-state index is 15.5. The van der Waals surface area contributed by atoms with Gasteiger partial charge in [0.15, 0.2) is 0 Å². The van der Waals surface area contributed by atoms with Gasteiger partial charge < -0.3 is 19.6 Å². The van der Waals surface area contributed by atoms with Gasteiger partial charge in [-0.05, 0) is 51.5 Å². The van der Waals surface area contributed by atoms with E-state index in [1.54, 1.807) is 39.3 Å². The van der Waals surface area contributed by atoms with Gasteiger partial charge in [-0.15, -0.1) is 0 Å². The van der Waals surface area contributed by atoms with Crippen LogP contribution in [0.3, 0.4) is 0 Å². The number of rotatable bonds is 8. The van der Waals surface area contributed by atoms with Crippen LogP contribution in [0.15, 0.2) is 42.4 Å². The Hall–Kier alpha value is -2.54. The summed E-state index contributed by atoms with van der Waals surface area (Å²) in [4.78, 5) is 13.0. The van der Waals surface area contributed by atoms with Crippen molar-refractivity contribution in [2.45, 2.75) is 38.3 Å². The molecule has 3 heterocycles. The van der Waals surface area contributed by atoms with Gasteiger partial charge in [-0.2, -0.15) is 8.78 Å². The molecule has 1 aromatic carbocycles. The summed E-state index contributed by atoms with van der Waals surface area (Å²) in [5, 5.41) is 13.9. The monoisotopic (exact) mass is 552 g/mol. The van der Waals surface area contributed by atoms with Gasteiger partial charge in [-0.1, -0.05) is 18.2 Å². The van der Waals surface area contributed by atoms with Gasteiger partial charge in [-0.25, -0.2) is 14.4 Å². The summed E-state index contributed by atoms with van der Waals surface area (Å²) in [7, 11) is -5.75. The van der Waals surface area contributed by atoms with E-state index in [-0.39, 0.29) is 11.7 Å². The standard InChI is InChI=1S/C25H29F3N4O3P2/c1-15(30-24-18-12-22(36(3,4)34)29-13-20(18)31-16(2)32-24)17-8-7-9-19(23(17)26)25(27,28)21(33)14-37(35)10-5-6-11-37/h5,7-10,12-13,15,21,33H,6,11,14H2,1-4H3,(H,30,31,32)/t15-,21+,37?/m1/s1. The number of allylic oxidation sites excluding steroid dienone is 1. The van der Waals surface area contributed by atoms with E-state index in [2.05, 4.69) is 20.3 Å². The topological polar surface area (TPSA) is 105 Å². The molecule has 2 N–H and O–H groups in total. The molecule has 0 amide bonds. The van der Waals surface area contributed by atoms with Gasteiger partial charge in [0.2, 0.25) is 0 Å². The molecule has 0 bridgehead atoms. The molecule has 0 spiro atoms. The van der Waals surface area contributed by atoms with Gasteiger partial charge in [-0.3, -0.25) is 4.98 Å². The first kappa shape index (κ1) is 27.5. The van der Waals surface area contributed by atoms with E-state index in [1.807, 2.05) is 0 Å². The Labute approximate surface area is 213 Å². The van der Waals surface area contributed by atoms with Gasteiger partial charge in [0.25, 0.3) is 0 Å². The number of aromatic nitrogens is 3. The van der Waals surface area contributed by atoms with Crippen molar-refractivity contribution in [3.63, 3.8) is 0 Å². The van der Waals surface area contributed by atoms with E-state index < -0.39 is 49.9 Å². The second-order valence-electron chi connectivity index (χ2n) is 9.78. The third-order valence-corrected chi connectivity index (χ3v) is 10.5. The van der Waals surface area contributed by atoms with Gasteiger partial charge in [0.05, 0.1) is 23.3 Å². The molecule has 198 valence electrons. The van der Waals surface area contributed by atoms with Crippen LogP contribution in [0, 0.1) is 12.7 Å². The van der Waals surface area contributed by atoms with Gasteiger partial charge >= 0.3 is 5.92 Å². The molecule has 3 atom stereocenters. The third kappa shape index (κ3) is 5.66. The van der Waals surface area contributed by atoms with Crippen LogP contribution >= 0.6 is 14.3 Å². The number of fused-ring (bicyclic) bond motifs is 1. The van der Waals surface area contributed by atoms with Crippen molar-refractivity contribution in [2.24, 2.45) is 0 Å². The average molecular weight is 552 g/mol. The average Bonchev–Trinajstić information content (AvgIpc) is 3.23. The smallest absolute Gasteiger partial charge is 0.301 e. The summed E-state index contributed by atoms with van der Waals surface area (Å²) in [5.41, 5.74) is -0.165. The van der Waals surface area contributed by atoms with Crippen molar-refractivity contribution in [1.82, 2.24) is 15.0 Å². The zero-order chi connectivity index (χ0) is 27.2. The van der Waals surface area contributed by atoms with Crippen LogP contribution in [-0.4, -0.2) is 51.8 Å². The second kappa shape index (κ2) is 9.97. The van der Waals surface area contributed by atoms with E-state index in [9.17, 15) is 14.2 Å². The summed E-state index contributed by atoms with van der Waals surface area (Å²) in [6.07, 6.45) is 0.951. The van der Waals surface area contributed by atoms with Crippen molar-refractivity contribution in [1.29, 1.82) is 0 Å². The fraction of sp³-hybridized carbons (Fsp3) is 0.400. The summed E-state index contributed by atoms with van der Waals surface area (Å²) in [6.45, 7) is 6.43. The second-order valence-corrected chi connectivity index (χ2v) is 16.0. The van der Waals surface area contributed by atoms with Crippen LogP contribution < -0.4 is 10.8 Å². The minimum absolute atomic E-state index is 0.0629. The summed E-state index contributed by atoms with van der Waals surface area (Å²) in [6, 6.07) is 4.39. The molecule has 7 nitrogen and oxygen atoms in total. The van der Waals surface area contributed by atoms with E-state index >= 15 is 13.2 Å². The number of alkyl halides is 2. The Morgan fingerprint density at radius 1 is 1.27 bits per heavy atom. The number of nitrogens with zero attached hydrogens (tertiary/aromatic N) is 3. The van der Waals surface area contributed by atoms with Crippen LogP contribution in [0.1, 0.15) is 36.3 Å². The first-order chi connectivity index (χ1) is 17.2. The lowest BCUT2D eigenvalue weighted by Crippen LogP contribution is -2.35. The first-order valence-corrected chi connectivity index (χ1v) is 16.5. The normalized spacial score (nSPS) is 19.8. The minimum Gasteiger partial charge on any atom is -0.386 e. The predicted molar refractivity (Wildman–Crippen MR) is 141 cm³/mol. The highest BCUT2D eigenvalue weighted by molar-refractivity contribution is 7.69. The maximum atomic E-state index is 15.5. The molecular weight excluding hydrogens is 523 g/mol. The molecule has 1 aliphatic heterocycles. The predicted octanol–water partition coefficient (Wildman–Crippen LogP) is 5.63. The fourth-order valence-corrected chi connectivity index (χ4v) is 7.50. The van der Waals surface area contributed by atoms with Crippen molar-refractivity contribution in [2.75, 3.05) is 31.0 Å². The zero-order valence-electron chi connectivity index (χ0n) is 21.0. The number of aryl methyl sites for hydroxylation is 1. The van der Waals surface area contributed by atoms with Crippen molar-refractivity contribution >= 4 is 36.4 Å². The van der Waals surface area contributed by atoms with E-state index in [4.69, 9.17) is 0 Å². The molecule has 0 saturated carbocycles.